The van der Waals surface area contributed by atoms with Crippen molar-refractivity contribution >= 4 is 11.9 Å². The second-order valence-electron chi connectivity index (χ2n) is 7.06. The number of aryl methyl sites for hydroxylation is 1. The number of hydrogen-bond donors (Lipinski definition) is 3. The predicted octanol–water partition coefficient (Wildman–Crippen LogP) is 2.13. The van der Waals surface area contributed by atoms with Crippen LogP contribution in [0.1, 0.15) is 33.5 Å². The van der Waals surface area contributed by atoms with Crippen molar-refractivity contribution in [2.75, 3.05) is 20.3 Å². The number of benzene rings is 2. The Morgan fingerprint density at radius 1 is 1.24 bits per heavy atom. The van der Waals surface area contributed by atoms with Gasteiger partial charge in [-0.15, -0.1) is 0 Å². The molecule has 0 aromatic heterocycles. The minimum absolute atomic E-state index is 0.102. The van der Waals surface area contributed by atoms with Gasteiger partial charge >= 0.3 is 0 Å². The second-order valence-corrected chi connectivity index (χ2v) is 7.06. The van der Waals surface area contributed by atoms with Gasteiger partial charge in [0.15, 0.2) is 5.96 Å². The van der Waals surface area contributed by atoms with Gasteiger partial charge in [-0.1, -0.05) is 24.3 Å². The number of primary amides is 1. The monoisotopic (exact) mass is 396 g/mol. The molecule has 0 spiro atoms. The second kappa shape index (κ2) is 9.93. The quantitative estimate of drug-likeness (QED) is 0.492. The Balaban J connectivity index is 1.59. The van der Waals surface area contributed by atoms with Crippen LogP contribution in [0.15, 0.2) is 47.5 Å². The largest absolute Gasteiger partial charge is 0.488 e. The zero-order chi connectivity index (χ0) is 20.6. The number of carbonyl (C=O) groups excluding carboxylic acids is 1. The van der Waals surface area contributed by atoms with Gasteiger partial charge in [-0.05, 0) is 36.2 Å². The molecule has 1 amide bonds. The fraction of sp³-hybridized carbons (Fsp3) is 0.364. The van der Waals surface area contributed by atoms with Crippen LogP contribution in [0.2, 0.25) is 0 Å². The van der Waals surface area contributed by atoms with Gasteiger partial charge in [0.25, 0.3) is 0 Å². The van der Waals surface area contributed by atoms with Crippen molar-refractivity contribution in [1.82, 2.24) is 10.6 Å². The molecule has 154 valence electrons. The summed E-state index contributed by atoms with van der Waals surface area (Å²) in [7, 11) is 1.72. The van der Waals surface area contributed by atoms with E-state index >= 15 is 0 Å². The summed E-state index contributed by atoms with van der Waals surface area (Å²) in [6.07, 6.45) is 1.01. The highest BCUT2D eigenvalue weighted by Crippen LogP contribution is 2.23. The minimum atomic E-state index is -0.436. The predicted molar refractivity (Wildman–Crippen MR) is 113 cm³/mol. The molecule has 3 rings (SSSR count). The summed E-state index contributed by atoms with van der Waals surface area (Å²) in [6, 6.07) is 13.4. The number of aliphatic imine (C=N–C) groups is 1. The molecular weight excluding hydrogens is 368 g/mol. The Bertz CT molecular complexity index is 876. The maximum absolute atomic E-state index is 11.3. The molecule has 7 nitrogen and oxygen atoms in total. The molecule has 2 aromatic carbocycles. The highest BCUT2D eigenvalue weighted by atomic mass is 16.5. The van der Waals surface area contributed by atoms with Crippen LogP contribution in [0, 0.1) is 6.92 Å². The maximum Gasteiger partial charge on any atom is 0.248 e. The third kappa shape index (κ3) is 5.96. The van der Waals surface area contributed by atoms with Crippen molar-refractivity contribution < 1.29 is 14.3 Å². The summed E-state index contributed by atoms with van der Waals surface area (Å²) >= 11 is 0. The van der Waals surface area contributed by atoms with Crippen LogP contribution >= 0.6 is 0 Å². The van der Waals surface area contributed by atoms with Gasteiger partial charge in [0.1, 0.15) is 11.9 Å². The van der Waals surface area contributed by atoms with E-state index in [0.29, 0.717) is 31.2 Å². The van der Waals surface area contributed by atoms with Gasteiger partial charge in [-0.2, -0.15) is 0 Å². The lowest BCUT2D eigenvalue weighted by molar-refractivity contribution is 0.1000. The first-order valence-corrected chi connectivity index (χ1v) is 9.72. The molecule has 0 bridgehead atoms. The van der Waals surface area contributed by atoms with Crippen LogP contribution in [-0.2, 0) is 17.8 Å². The molecule has 1 heterocycles. The van der Waals surface area contributed by atoms with Gasteiger partial charge < -0.3 is 25.8 Å². The van der Waals surface area contributed by atoms with E-state index in [1.54, 1.807) is 19.2 Å². The standard InChI is InChI=1S/C22H28N4O3/c1-15-6-7-18(20(10-15)29-19-8-9-28-14-19)13-26-22(24-2)25-12-16-4-3-5-17(11-16)21(23)27/h3-7,10-11,19H,8-9,12-14H2,1-2H3,(H2,23,27)(H2,24,25,26). The number of guanidine groups is 1. The highest BCUT2D eigenvalue weighted by molar-refractivity contribution is 5.92. The summed E-state index contributed by atoms with van der Waals surface area (Å²) in [4.78, 5) is 15.6. The summed E-state index contributed by atoms with van der Waals surface area (Å²) in [5.41, 5.74) is 8.99. The molecule has 1 unspecified atom stereocenters. The molecule has 29 heavy (non-hydrogen) atoms. The first-order chi connectivity index (χ1) is 14.0. The van der Waals surface area contributed by atoms with Crippen LogP contribution in [-0.4, -0.2) is 38.2 Å². The highest BCUT2D eigenvalue weighted by Gasteiger charge is 2.18. The van der Waals surface area contributed by atoms with Gasteiger partial charge in [-0.25, -0.2) is 0 Å². The molecule has 1 aliphatic heterocycles. The first-order valence-electron chi connectivity index (χ1n) is 9.72. The fourth-order valence-electron chi connectivity index (χ4n) is 3.12. The number of nitrogens with one attached hydrogen (secondary N) is 2. The molecule has 1 aliphatic rings. The average Bonchev–Trinajstić information content (AvgIpc) is 3.22. The Morgan fingerprint density at radius 3 is 2.79 bits per heavy atom. The lowest BCUT2D eigenvalue weighted by atomic mass is 10.1. The maximum atomic E-state index is 11.3. The Morgan fingerprint density at radius 2 is 2.07 bits per heavy atom. The molecule has 2 aromatic rings. The van der Waals surface area contributed by atoms with Crippen LogP contribution in [0.3, 0.4) is 0 Å². The van der Waals surface area contributed by atoms with E-state index in [1.165, 1.54) is 0 Å². The van der Waals surface area contributed by atoms with E-state index in [0.717, 1.165) is 35.5 Å². The number of nitrogens with zero attached hydrogens (tertiary/aromatic N) is 1. The van der Waals surface area contributed by atoms with Crippen molar-refractivity contribution in [1.29, 1.82) is 0 Å². The molecule has 4 N–H and O–H groups in total. The number of amides is 1. The number of hydrogen-bond acceptors (Lipinski definition) is 4. The van der Waals surface area contributed by atoms with Crippen molar-refractivity contribution in [3.8, 4) is 5.75 Å². The van der Waals surface area contributed by atoms with Crippen molar-refractivity contribution in [2.24, 2.45) is 10.7 Å². The van der Waals surface area contributed by atoms with Gasteiger partial charge in [-0.3, -0.25) is 9.79 Å². The van der Waals surface area contributed by atoms with E-state index in [1.807, 2.05) is 12.1 Å². The average molecular weight is 396 g/mol. The number of nitrogens with two attached hydrogens (primary N) is 1. The van der Waals surface area contributed by atoms with E-state index in [9.17, 15) is 4.79 Å². The summed E-state index contributed by atoms with van der Waals surface area (Å²) < 4.78 is 11.6. The lowest BCUT2D eigenvalue weighted by Crippen LogP contribution is -2.36. The van der Waals surface area contributed by atoms with Gasteiger partial charge in [0.05, 0.1) is 13.2 Å². The fourth-order valence-corrected chi connectivity index (χ4v) is 3.12. The normalized spacial score (nSPS) is 16.5. The summed E-state index contributed by atoms with van der Waals surface area (Å²) in [5, 5.41) is 6.57. The van der Waals surface area contributed by atoms with Crippen molar-refractivity contribution in [3.63, 3.8) is 0 Å². The molecule has 7 heteroatoms. The van der Waals surface area contributed by atoms with E-state index in [2.05, 4.69) is 40.7 Å². The SMILES string of the molecule is CN=C(NCc1cccc(C(N)=O)c1)NCc1ccc(C)cc1OC1CCOC1. The van der Waals surface area contributed by atoms with E-state index in [4.69, 9.17) is 15.2 Å². The van der Waals surface area contributed by atoms with Crippen LogP contribution in [0.4, 0.5) is 0 Å². The zero-order valence-corrected chi connectivity index (χ0v) is 16.9. The van der Waals surface area contributed by atoms with Crippen LogP contribution < -0.4 is 21.1 Å². The molecule has 0 aliphatic carbocycles. The smallest absolute Gasteiger partial charge is 0.248 e. The van der Waals surface area contributed by atoms with Crippen LogP contribution in [0.25, 0.3) is 0 Å². The lowest BCUT2D eigenvalue weighted by Gasteiger charge is -2.18. The Hall–Kier alpha value is -3.06. The minimum Gasteiger partial charge on any atom is -0.488 e. The van der Waals surface area contributed by atoms with E-state index in [-0.39, 0.29) is 6.10 Å². The Kier molecular flexibility index (Phi) is 7.08. The molecule has 0 radical (unpaired) electrons. The zero-order valence-electron chi connectivity index (χ0n) is 16.9. The van der Waals surface area contributed by atoms with Crippen molar-refractivity contribution in [2.45, 2.75) is 32.5 Å². The van der Waals surface area contributed by atoms with Gasteiger partial charge in [0.2, 0.25) is 5.91 Å². The van der Waals surface area contributed by atoms with E-state index < -0.39 is 5.91 Å². The number of rotatable bonds is 7. The molecule has 1 fully saturated rings. The van der Waals surface area contributed by atoms with Gasteiger partial charge in [0, 0.05) is 37.7 Å². The third-order valence-corrected chi connectivity index (χ3v) is 4.75. The van der Waals surface area contributed by atoms with Crippen LogP contribution in [0.5, 0.6) is 5.75 Å². The number of carbonyl (C=O) groups is 1. The summed E-state index contributed by atoms with van der Waals surface area (Å²) in [5.74, 6) is 1.09. The molecule has 1 saturated heterocycles. The van der Waals surface area contributed by atoms with Crippen molar-refractivity contribution in [3.05, 3.63) is 64.7 Å². The number of ether oxygens (including phenoxy) is 2. The first kappa shape index (κ1) is 20.7. The molecule has 1 atom stereocenters. The summed E-state index contributed by atoms with van der Waals surface area (Å²) in [6.45, 7) is 4.53. The Labute approximate surface area is 171 Å². The molecular formula is C22H28N4O3. The third-order valence-electron chi connectivity index (χ3n) is 4.75. The molecule has 0 saturated carbocycles. The topological polar surface area (TPSA) is 98.0 Å².